The number of nitrogens with one attached hydrogen (secondary N) is 1. The number of amides is 2. The first-order chi connectivity index (χ1) is 12.3. The van der Waals surface area contributed by atoms with Crippen LogP contribution in [0.3, 0.4) is 0 Å². The first kappa shape index (κ1) is 19.9. The summed E-state index contributed by atoms with van der Waals surface area (Å²) >= 11 is 0. The number of aliphatic hydroxyl groups excluding tert-OH is 1. The molecule has 0 radical (unpaired) electrons. The quantitative estimate of drug-likeness (QED) is 0.516. The van der Waals surface area contributed by atoms with Gasteiger partial charge in [0.2, 0.25) is 11.8 Å². The van der Waals surface area contributed by atoms with E-state index in [2.05, 4.69) is 5.32 Å². The van der Waals surface area contributed by atoms with E-state index in [9.17, 15) is 24.6 Å². The van der Waals surface area contributed by atoms with E-state index >= 15 is 0 Å². The van der Waals surface area contributed by atoms with Crippen LogP contribution in [0.25, 0.3) is 0 Å². The van der Waals surface area contributed by atoms with Gasteiger partial charge in [0.05, 0.1) is 12.1 Å². The van der Waals surface area contributed by atoms with Crippen molar-refractivity contribution in [3.8, 4) is 0 Å². The summed E-state index contributed by atoms with van der Waals surface area (Å²) in [4.78, 5) is 37.5. The highest BCUT2D eigenvalue weighted by Gasteiger charge is 2.39. The average molecular weight is 363 g/mol. The lowest BCUT2D eigenvalue weighted by Gasteiger charge is -2.29. The fourth-order valence-electron chi connectivity index (χ4n) is 3.08. The number of hydrogen-bond donors (Lipinski definition) is 4. The van der Waals surface area contributed by atoms with Crippen LogP contribution in [0, 0.1) is 0 Å². The lowest BCUT2D eigenvalue weighted by Crippen LogP contribution is -2.58. The van der Waals surface area contributed by atoms with E-state index in [1.165, 1.54) is 11.8 Å². The van der Waals surface area contributed by atoms with Crippen LogP contribution in [-0.2, 0) is 20.8 Å². The van der Waals surface area contributed by atoms with Gasteiger partial charge >= 0.3 is 5.97 Å². The third kappa shape index (κ3) is 4.80. The van der Waals surface area contributed by atoms with Crippen LogP contribution in [0.1, 0.15) is 25.3 Å². The topological polar surface area (TPSA) is 133 Å². The van der Waals surface area contributed by atoms with Crippen LogP contribution in [-0.4, -0.2) is 63.7 Å². The number of aliphatic hydroxyl groups is 1. The molecule has 0 bridgehead atoms. The number of carboxylic acids is 1. The molecule has 0 saturated carbocycles. The van der Waals surface area contributed by atoms with Crippen molar-refractivity contribution >= 4 is 17.8 Å². The number of benzene rings is 1. The van der Waals surface area contributed by atoms with Gasteiger partial charge in [-0.1, -0.05) is 30.3 Å². The molecule has 8 nitrogen and oxygen atoms in total. The molecule has 1 aliphatic heterocycles. The van der Waals surface area contributed by atoms with Gasteiger partial charge in [-0.2, -0.15) is 0 Å². The molecule has 1 aromatic rings. The summed E-state index contributed by atoms with van der Waals surface area (Å²) in [6.07, 6.45) is 0.0334. The highest BCUT2D eigenvalue weighted by atomic mass is 16.4. The molecule has 5 N–H and O–H groups in total. The molecule has 1 aromatic carbocycles. The zero-order chi connectivity index (χ0) is 19.3. The molecule has 0 aliphatic carbocycles. The van der Waals surface area contributed by atoms with Gasteiger partial charge in [0.15, 0.2) is 0 Å². The Hall–Kier alpha value is -2.45. The van der Waals surface area contributed by atoms with Crippen molar-refractivity contribution in [2.45, 2.75) is 50.4 Å². The van der Waals surface area contributed by atoms with Crippen molar-refractivity contribution in [1.82, 2.24) is 10.2 Å². The normalized spacial score (nSPS) is 20.3. The number of likely N-dealkylation sites (tertiary alicyclic amines) is 1. The molecular weight excluding hydrogens is 338 g/mol. The maximum Gasteiger partial charge on any atom is 0.326 e. The summed E-state index contributed by atoms with van der Waals surface area (Å²) in [5.41, 5.74) is 6.79. The van der Waals surface area contributed by atoms with Gasteiger partial charge in [0.25, 0.3) is 0 Å². The van der Waals surface area contributed by atoms with Crippen LogP contribution < -0.4 is 11.1 Å². The number of hydrogen-bond acceptors (Lipinski definition) is 5. The number of nitrogens with two attached hydrogens (primary N) is 1. The molecule has 4 atom stereocenters. The summed E-state index contributed by atoms with van der Waals surface area (Å²) in [7, 11) is 0. The predicted octanol–water partition coefficient (Wildman–Crippen LogP) is -0.502. The molecule has 0 spiro atoms. The van der Waals surface area contributed by atoms with Gasteiger partial charge < -0.3 is 26.2 Å². The standard InChI is InChI=1S/C18H25N3O5/c1-11(22)15(17(24)21-9-5-8-14(21)18(25)26)20-16(23)13(19)10-12-6-3-2-4-7-12/h2-4,6-7,11,13-15,22H,5,8-10,19H2,1H3,(H,20,23)(H,25,26)/t11-,13+,14-,15+/m1/s1. The molecule has 2 rings (SSSR count). The van der Waals surface area contributed by atoms with E-state index < -0.39 is 42.0 Å². The van der Waals surface area contributed by atoms with Crippen LogP contribution in [0.15, 0.2) is 30.3 Å². The number of carbonyl (C=O) groups is 3. The Bertz CT molecular complexity index is 649. The maximum absolute atomic E-state index is 12.7. The lowest BCUT2D eigenvalue weighted by molar-refractivity contribution is -0.150. The minimum absolute atomic E-state index is 0.283. The Morgan fingerprint density at radius 1 is 1.31 bits per heavy atom. The maximum atomic E-state index is 12.7. The molecular formula is C18H25N3O5. The van der Waals surface area contributed by atoms with Gasteiger partial charge in [0, 0.05) is 6.54 Å². The van der Waals surface area contributed by atoms with E-state index in [0.717, 1.165) is 5.56 Å². The van der Waals surface area contributed by atoms with Gasteiger partial charge in [-0.25, -0.2) is 4.79 Å². The number of carboxylic acid groups (broad SMARTS) is 1. The molecule has 0 aromatic heterocycles. The van der Waals surface area contributed by atoms with Crippen LogP contribution >= 0.6 is 0 Å². The SMILES string of the molecule is C[C@@H](O)[C@H](NC(=O)[C@@H](N)Cc1ccccc1)C(=O)N1CCC[C@@H]1C(=O)O. The summed E-state index contributed by atoms with van der Waals surface area (Å²) in [5.74, 6) is -2.27. The number of carbonyl (C=O) groups excluding carboxylic acids is 2. The fraction of sp³-hybridized carbons (Fsp3) is 0.500. The number of aliphatic carboxylic acids is 1. The highest BCUT2D eigenvalue weighted by Crippen LogP contribution is 2.19. The Balaban J connectivity index is 2.03. The van der Waals surface area contributed by atoms with Gasteiger partial charge in [-0.3, -0.25) is 9.59 Å². The first-order valence-corrected chi connectivity index (χ1v) is 8.62. The first-order valence-electron chi connectivity index (χ1n) is 8.62. The fourth-order valence-corrected chi connectivity index (χ4v) is 3.08. The number of rotatable bonds is 7. The molecule has 1 aliphatic rings. The van der Waals surface area contributed by atoms with Crippen molar-refractivity contribution in [2.75, 3.05) is 6.54 Å². The second-order valence-electron chi connectivity index (χ2n) is 6.55. The van der Waals surface area contributed by atoms with Crippen LogP contribution in [0.4, 0.5) is 0 Å². The molecule has 1 fully saturated rings. The minimum atomic E-state index is -1.23. The second-order valence-corrected chi connectivity index (χ2v) is 6.55. The molecule has 1 saturated heterocycles. The molecule has 142 valence electrons. The van der Waals surface area contributed by atoms with E-state index in [1.54, 1.807) is 0 Å². The highest BCUT2D eigenvalue weighted by molar-refractivity contribution is 5.92. The van der Waals surface area contributed by atoms with Crippen molar-refractivity contribution in [2.24, 2.45) is 5.73 Å². The molecule has 1 heterocycles. The summed E-state index contributed by atoms with van der Waals surface area (Å²) in [5, 5.41) is 21.6. The average Bonchev–Trinajstić information content (AvgIpc) is 3.09. The third-order valence-corrected chi connectivity index (χ3v) is 4.50. The zero-order valence-corrected chi connectivity index (χ0v) is 14.7. The smallest absolute Gasteiger partial charge is 0.326 e. The number of nitrogens with zero attached hydrogens (tertiary/aromatic N) is 1. The van der Waals surface area contributed by atoms with Gasteiger partial charge in [-0.05, 0) is 31.7 Å². The second kappa shape index (κ2) is 8.77. The predicted molar refractivity (Wildman–Crippen MR) is 94.1 cm³/mol. The van der Waals surface area contributed by atoms with Crippen molar-refractivity contribution in [1.29, 1.82) is 0 Å². The molecule has 26 heavy (non-hydrogen) atoms. The largest absolute Gasteiger partial charge is 0.480 e. The molecule has 0 unspecified atom stereocenters. The van der Waals surface area contributed by atoms with Gasteiger partial charge in [0.1, 0.15) is 12.1 Å². The van der Waals surface area contributed by atoms with Crippen molar-refractivity contribution in [3.63, 3.8) is 0 Å². The summed E-state index contributed by atoms with van der Waals surface area (Å²) in [6, 6.07) is 6.15. The zero-order valence-electron chi connectivity index (χ0n) is 14.7. The minimum Gasteiger partial charge on any atom is -0.480 e. The Morgan fingerprint density at radius 3 is 2.54 bits per heavy atom. The molecule has 2 amide bonds. The Labute approximate surface area is 152 Å². The monoisotopic (exact) mass is 363 g/mol. The van der Waals surface area contributed by atoms with E-state index in [4.69, 9.17) is 5.73 Å². The van der Waals surface area contributed by atoms with Crippen molar-refractivity contribution in [3.05, 3.63) is 35.9 Å². The van der Waals surface area contributed by atoms with E-state index in [1.807, 2.05) is 30.3 Å². The van der Waals surface area contributed by atoms with Crippen LogP contribution in [0.5, 0.6) is 0 Å². The van der Waals surface area contributed by atoms with E-state index in [-0.39, 0.29) is 13.0 Å². The Kier molecular flexibility index (Phi) is 6.70. The van der Waals surface area contributed by atoms with Crippen molar-refractivity contribution < 1.29 is 24.6 Å². The third-order valence-electron chi connectivity index (χ3n) is 4.50. The lowest BCUT2D eigenvalue weighted by atomic mass is 10.0. The summed E-state index contributed by atoms with van der Waals surface area (Å²) < 4.78 is 0. The van der Waals surface area contributed by atoms with Gasteiger partial charge in [-0.15, -0.1) is 0 Å². The van der Waals surface area contributed by atoms with E-state index in [0.29, 0.717) is 12.8 Å². The molecule has 8 heteroatoms. The summed E-state index contributed by atoms with van der Waals surface area (Å²) in [6.45, 7) is 1.66. The Morgan fingerprint density at radius 2 is 1.96 bits per heavy atom. The van der Waals surface area contributed by atoms with Crippen LogP contribution in [0.2, 0.25) is 0 Å².